The van der Waals surface area contributed by atoms with Gasteiger partial charge < -0.3 is 15.7 Å². The zero-order chi connectivity index (χ0) is 15.6. The summed E-state index contributed by atoms with van der Waals surface area (Å²) in [5.41, 5.74) is 6.90. The quantitative estimate of drug-likeness (QED) is 0.802. The fraction of sp³-hybridized carbons (Fsp3) is 0.462. The molecule has 0 aromatic heterocycles. The van der Waals surface area contributed by atoms with Gasteiger partial charge in [-0.2, -0.15) is 11.8 Å². The highest BCUT2D eigenvalue weighted by molar-refractivity contribution is 8.01. The number of nitrogen functional groups attached to an aromatic ring is 1. The molecule has 0 bridgehead atoms. The van der Waals surface area contributed by atoms with Gasteiger partial charge >= 0.3 is 5.97 Å². The first kappa shape index (κ1) is 16.0. The molecule has 21 heavy (non-hydrogen) atoms. The van der Waals surface area contributed by atoms with E-state index >= 15 is 0 Å². The smallest absolute Gasteiger partial charge is 0.335 e. The molecule has 1 atom stereocenters. The summed E-state index contributed by atoms with van der Waals surface area (Å²) in [5.74, 6) is 0.328. The van der Waals surface area contributed by atoms with E-state index in [4.69, 9.17) is 10.8 Å². The Morgan fingerprint density at radius 1 is 1.52 bits per heavy atom. The van der Waals surface area contributed by atoms with Crippen molar-refractivity contribution in [1.29, 1.82) is 0 Å². The molecule has 0 radical (unpaired) electrons. The molecule has 1 aromatic rings. The number of nitrogens with two attached hydrogens (primary N) is 1. The zero-order valence-corrected chi connectivity index (χ0v) is 13.3. The Labute approximate surface area is 128 Å². The molecule has 3 N–H and O–H groups in total. The maximum absolute atomic E-state index is 12.2. The van der Waals surface area contributed by atoms with Crippen molar-refractivity contribution in [2.45, 2.75) is 12.3 Å². The van der Waals surface area contributed by atoms with E-state index in [1.54, 1.807) is 29.7 Å². The van der Waals surface area contributed by atoms with E-state index in [1.807, 2.05) is 0 Å². The molecule has 2 rings (SSSR count). The molecule has 0 spiro atoms. The molecule has 1 aromatic carbocycles. The maximum Gasteiger partial charge on any atom is 0.335 e. The number of hydrogen-bond donors (Lipinski definition) is 2. The van der Waals surface area contributed by atoms with E-state index in [2.05, 4.69) is 0 Å². The number of anilines is 2. The number of rotatable bonds is 4. The van der Waals surface area contributed by atoms with Crippen LogP contribution in [0, 0.1) is 0 Å². The van der Waals surface area contributed by atoms with E-state index in [0.717, 1.165) is 5.75 Å². The number of thioether (sulfide) groups is 1. The number of carboxylic acids is 1. The molecular formula is C13H18N2O4S2. The number of hydrogen-bond acceptors (Lipinski definition) is 6. The highest BCUT2D eigenvalue weighted by Crippen LogP contribution is 2.32. The second-order valence-electron chi connectivity index (χ2n) is 4.75. The third-order valence-electron chi connectivity index (χ3n) is 3.49. The van der Waals surface area contributed by atoms with Crippen LogP contribution in [0.2, 0.25) is 0 Å². The van der Waals surface area contributed by atoms with E-state index in [0.29, 0.717) is 18.0 Å². The van der Waals surface area contributed by atoms with Crippen LogP contribution < -0.4 is 10.6 Å². The Morgan fingerprint density at radius 2 is 2.24 bits per heavy atom. The van der Waals surface area contributed by atoms with E-state index in [9.17, 15) is 13.2 Å². The molecule has 1 aliphatic heterocycles. The lowest BCUT2D eigenvalue weighted by molar-refractivity contribution is 0.0697. The van der Waals surface area contributed by atoms with Crippen molar-refractivity contribution in [3.8, 4) is 0 Å². The number of aromatic carboxylic acids is 1. The van der Waals surface area contributed by atoms with Crippen LogP contribution in [0.4, 0.5) is 11.4 Å². The number of carboxylic acid groups (broad SMARTS) is 1. The van der Waals surface area contributed by atoms with Crippen molar-refractivity contribution < 1.29 is 18.3 Å². The molecular weight excluding hydrogens is 312 g/mol. The lowest BCUT2D eigenvalue weighted by atomic mass is 10.1. The van der Waals surface area contributed by atoms with Crippen LogP contribution >= 0.6 is 11.8 Å². The van der Waals surface area contributed by atoms with Crippen molar-refractivity contribution in [1.82, 2.24) is 0 Å². The molecule has 1 heterocycles. The number of nitrogens with zero attached hydrogens (tertiary/aromatic N) is 1. The lowest BCUT2D eigenvalue weighted by Gasteiger charge is -2.37. The largest absolute Gasteiger partial charge is 0.478 e. The molecule has 0 saturated carbocycles. The van der Waals surface area contributed by atoms with Crippen LogP contribution in [0.3, 0.4) is 0 Å². The van der Waals surface area contributed by atoms with Crippen LogP contribution in [0.15, 0.2) is 18.2 Å². The summed E-state index contributed by atoms with van der Waals surface area (Å²) in [6, 6.07) is 4.41. The van der Waals surface area contributed by atoms with Gasteiger partial charge in [0.1, 0.15) is 5.37 Å². The minimum Gasteiger partial charge on any atom is -0.478 e. The molecule has 1 aliphatic rings. The van der Waals surface area contributed by atoms with Gasteiger partial charge in [-0.15, -0.1) is 0 Å². The van der Waals surface area contributed by atoms with Crippen molar-refractivity contribution in [2.75, 3.05) is 34.4 Å². The highest BCUT2D eigenvalue weighted by atomic mass is 32.2. The molecule has 0 aliphatic carbocycles. The van der Waals surface area contributed by atoms with Gasteiger partial charge in [-0.05, 0) is 18.2 Å². The normalized spacial score (nSPS) is 19.5. The Balaban J connectivity index is 2.40. The predicted molar refractivity (Wildman–Crippen MR) is 85.7 cm³/mol. The SMILES string of the molecule is CCS(=O)(=O)C1CSCCN1c1ccc(C(=O)O)cc1N. The average Bonchev–Trinajstić information content (AvgIpc) is 2.47. The second-order valence-corrected chi connectivity index (χ2v) is 8.35. The first-order valence-corrected chi connectivity index (χ1v) is 9.42. The summed E-state index contributed by atoms with van der Waals surface area (Å²) in [4.78, 5) is 12.7. The topological polar surface area (TPSA) is 101 Å². The zero-order valence-electron chi connectivity index (χ0n) is 11.7. The van der Waals surface area contributed by atoms with Gasteiger partial charge in [-0.3, -0.25) is 0 Å². The van der Waals surface area contributed by atoms with Gasteiger partial charge in [0.25, 0.3) is 0 Å². The third kappa shape index (κ3) is 3.26. The standard InChI is InChI=1S/C13H18N2O4S2/c1-2-21(18,19)12-8-20-6-5-15(12)11-4-3-9(13(16)17)7-10(11)14/h3-4,7,12H,2,5-6,8,14H2,1H3,(H,16,17). The first-order valence-electron chi connectivity index (χ1n) is 6.55. The average molecular weight is 330 g/mol. The van der Waals surface area contributed by atoms with Crippen LogP contribution in [-0.2, 0) is 9.84 Å². The summed E-state index contributed by atoms with van der Waals surface area (Å²) in [7, 11) is -3.23. The molecule has 0 amide bonds. The number of sulfone groups is 1. The lowest BCUT2D eigenvalue weighted by Crippen LogP contribution is -2.48. The van der Waals surface area contributed by atoms with Crippen molar-refractivity contribution >= 4 is 38.9 Å². The Kier molecular flexibility index (Phi) is 4.67. The Morgan fingerprint density at radius 3 is 2.81 bits per heavy atom. The van der Waals surface area contributed by atoms with Crippen LogP contribution in [0.1, 0.15) is 17.3 Å². The van der Waals surface area contributed by atoms with Crippen LogP contribution in [0.25, 0.3) is 0 Å². The van der Waals surface area contributed by atoms with E-state index in [-0.39, 0.29) is 17.0 Å². The van der Waals surface area contributed by atoms with Crippen molar-refractivity contribution in [3.05, 3.63) is 23.8 Å². The maximum atomic E-state index is 12.2. The molecule has 1 fully saturated rings. The molecule has 6 nitrogen and oxygen atoms in total. The van der Waals surface area contributed by atoms with Gasteiger partial charge in [0, 0.05) is 23.8 Å². The highest BCUT2D eigenvalue weighted by Gasteiger charge is 2.33. The Bertz CT molecular complexity index is 646. The monoisotopic (exact) mass is 330 g/mol. The van der Waals surface area contributed by atoms with Crippen LogP contribution in [-0.4, -0.2) is 48.7 Å². The summed E-state index contributed by atoms with van der Waals surface area (Å²) < 4.78 is 24.5. The molecule has 1 unspecified atom stereocenters. The van der Waals surface area contributed by atoms with Gasteiger partial charge in [0.05, 0.1) is 16.9 Å². The Hall–Kier alpha value is -1.41. The molecule has 8 heteroatoms. The van der Waals surface area contributed by atoms with Gasteiger partial charge in [0.2, 0.25) is 0 Å². The number of carbonyl (C=O) groups is 1. The number of benzene rings is 1. The van der Waals surface area contributed by atoms with E-state index < -0.39 is 21.2 Å². The summed E-state index contributed by atoms with van der Waals surface area (Å²) in [5, 5.41) is 8.35. The second kappa shape index (κ2) is 6.15. The minimum atomic E-state index is -3.23. The molecule has 116 valence electrons. The third-order valence-corrected chi connectivity index (χ3v) is 6.77. The fourth-order valence-corrected chi connectivity index (χ4v) is 5.28. The first-order chi connectivity index (χ1) is 9.86. The van der Waals surface area contributed by atoms with Crippen LogP contribution in [0.5, 0.6) is 0 Å². The van der Waals surface area contributed by atoms with E-state index in [1.165, 1.54) is 12.1 Å². The summed E-state index contributed by atoms with van der Waals surface area (Å²) >= 11 is 1.60. The van der Waals surface area contributed by atoms with Gasteiger partial charge in [-0.1, -0.05) is 6.92 Å². The van der Waals surface area contributed by atoms with Crippen molar-refractivity contribution in [2.24, 2.45) is 0 Å². The van der Waals surface area contributed by atoms with Gasteiger partial charge in [-0.25, -0.2) is 13.2 Å². The van der Waals surface area contributed by atoms with Gasteiger partial charge in [0.15, 0.2) is 9.84 Å². The van der Waals surface area contributed by atoms with Crippen molar-refractivity contribution in [3.63, 3.8) is 0 Å². The molecule has 1 saturated heterocycles. The predicted octanol–water partition coefficient (Wildman–Crippen LogP) is 1.28. The summed E-state index contributed by atoms with van der Waals surface area (Å²) in [6.07, 6.45) is 0. The minimum absolute atomic E-state index is 0.0713. The fourth-order valence-electron chi connectivity index (χ4n) is 2.30. The summed E-state index contributed by atoms with van der Waals surface area (Å²) in [6.45, 7) is 2.20.